The Labute approximate surface area is 88.1 Å². The fourth-order valence-corrected chi connectivity index (χ4v) is 2.00. The van der Waals surface area contributed by atoms with E-state index in [4.69, 9.17) is 5.73 Å². The normalized spacial score (nSPS) is 12.8. The number of thioether (sulfide) groups is 1. The second-order valence-electron chi connectivity index (χ2n) is 3.35. The van der Waals surface area contributed by atoms with Crippen molar-refractivity contribution in [1.82, 2.24) is 4.98 Å². The molecule has 0 aliphatic heterocycles. The van der Waals surface area contributed by atoms with Crippen LogP contribution in [0.4, 0.5) is 0 Å². The zero-order chi connectivity index (χ0) is 10.6. The Kier molecular flexibility index (Phi) is 3.95. The van der Waals surface area contributed by atoms with E-state index in [9.17, 15) is 4.79 Å². The van der Waals surface area contributed by atoms with Crippen LogP contribution in [0.25, 0.3) is 0 Å². The second kappa shape index (κ2) is 5.00. The molecule has 4 heteroatoms. The van der Waals surface area contributed by atoms with Gasteiger partial charge >= 0.3 is 0 Å². The Morgan fingerprint density at radius 1 is 1.50 bits per heavy atom. The largest absolute Gasteiger partial charge is 0.369 e. The summed E-state index contributed by atoms with van der Waals surface area (Å²) >= 11 is 1.42. The Morgan fingerprint density at radius 3 is 2.64 bits per heavy atom. The van der Waals surface area contributed by atoms with E-state index in [2.05, 4.69) is 4.98 Å². The topological polar surface area (TPSA) is 56.0 Å². The third kappa shape index (κ3) is 3.03. The van der Waals surface area contributed by atoms with Crippen molar-refractivity contribution in [3.8, 4) is 0 Å². The number of primary amides is 1. The first-order valence-electron chi connectivity index (χ1n) is 4.48. The first-order chi connectivity index (χ1) is 6.61. The maximum Gasteiger partial charge on any atom is 0.231 e. The quantitative estimate of drug-likeness (QED) is 0.769. The summed E-state index contributed by atoms with van der Waals surface area (Å²) in [4.78, 5) is 15.3. The van der Waals surface area contributed by atoms with E-state index in [0.717, 1.165) is 5.03 Å². The van der Waals surface area contributed by atoms with Gasteiger partial charge in [-0.25, -0.2) is 4.98 Å². The summed E-state index contributed by atoms with van der Waals surface area (Å²) in [5, 5.41) is 0.634. The molecule has 0 aromatic carbocycles. The summed E-state index contributed by atoms with van der Waals surface area (Å²) in [6.45, 7) is 3.96. The highest BCUT2D eigenvalue weighted by Gasteiger charge is 2.20. The van der Waals surface area contributed by atoms with E-state index in [1.807, 2.05) is 32.0 Å². The van der Waals surface area contributed by atoms with Gasteiger partial charge in [0.1, 0.15) is 0 Å². The maximum atomic E-state index is 11.1. The van der Waals surface area contributed by atoms with Crippen LogP contribution in [0.15, 0.2) is 29.4 Å². The minimum atomic E-state index is -0.282. The van der Waals surface area contributed by atoms with E-state index < -0.39 is 0 Å². The first kappa shape index (κ1) is 11.0. The van der Waals surface area contributed by atoms with E-state index in [0.29, 0.717) is 0 Å². The number of nitrogens with two attached hydrogens (primary N) is 1. The van der Waals surface area contributed by atoms with Crippen LogP contribution in [0.1, 0.15) is 13.8 Å². The molecule has 0 saturated heterocycles. The van der Waals surface area contributed by atoms with Crippen molar-refractivity contribution in [2.24, 2.45) is 11.7 Å². The molecular weight excluding hydrogens is 196 g/mol. The summed E-state index contributed by atoms with van der Waals surface area (Å²) in [5.41, 5.74) is 5.30. The average Bonchev–Trinajstić information content (AvgIpc) is 2.15. The molecule has 0 aliphatic carbocycles. The van der Waals surface area contributed by atoms with Gasteiger partial charge in [0.2, 0.25) is 5.91 Å². The van der Waals surface area contributed by atoms with Crippen molar-refractivity contribution in [1.29, 1.82) is 0 Å². The molecular formula is C10H14N2OS. The second-order valence-corrected chi connectivity index (χ2v) is 4.51. The van der Waals surface area contributed by atoms with Crippen molar-refractivity contribution < 1.29 is 4.79 Å². The number of rotatable bonds is 4. The van der Waals surface area contributed by atoms with Gasteiger partial charge in [-0.05, 0) is 18.1 Å². The molecule has 1 aromatic heterocycles. The Bertz CT molecular complexity index is 300. The molecule has 0 aliphatic rings. The molecule has 0 fully saturated rings. The van der Waals surface area contributed by atoms with Crippen LogP contribution < -0.4 is 5.73 Å². The van der Waals surface area contributed by atoms with Gasteiger partial charge in [-0.2, -0.15) is 0 Å². The van der Waals surface area contributed by atoms with Crippen molar-refractivity contribution in [3.05, 3.63) is 24.4 Å². The van der Waals surface area contributed by atoms with Crippen LogP contribution in [0, 0.1) is 5.92 Å². The van der Waals surface area contributed by atoms with Crippen molar-refractivity contribution in [3.63, 3.8) is 0 Å². The van der Waals surface area contributed by atoms with E-state index in [1.165, 1.54) is 11.8 Å². The number of carbonyl (C=O) groups excluding carboxylic acids is 1. The molecule has 0 bridgehead atoms. The lowest BCUT2D eigenvalue weighted by atomic mass is 10.1. The third-order valence-electron chi connectivity index (χ3n) is 1.77. The van der Waals surface area contributed by atoms with Gasteiger partial charge in [0.05, 0.1) is 10.3 Å². The SMILES string of the molecule is CC(C)C(Sc1ccccn1)C(N)=O. The minimum absolute atomic E-state index is 0.204. The number of hydrogen-bond acceptors (Lipinski definition) is 3. The Morgan fingerprint density at radius 2 is 2.21 bits per heavy atom. The van der Waals surface area contributed by atoms with Crippen LogP contribution >= 0.6 is 11.8 Å². The predicted molar refractivity (Wildman–Crippen MR) is 57.9 cm³/mol. The molecule has 14 heavy (non-hydrogen) atoms. The van der Waals surface area contributed by atoms with E-state index in [1.54, 1.807) is 6.20 Å². The van der Waals surface area contributed by atoms with E-state index >= 15 is 0 Å². The van der Waals surface area contributed by atoms with Crippen molar-refractivity contribution in [2.45, 2.75) is 24.1 Å². The Hall–Kier alpha value is -1.03. The summed E-state index contributed by atoms with van der Waals surface area (Å²) < 4.78 is 0. The molecule has 2 N–H and O–H groups in total. The fourth-order valence-electron chi connectivity index (χ4n) is 1.07. The van der Waals surface area contributed by atoms with Crippen molar-refractivity contribution >= 4 is 17.7 Å². The van der Waals surface area contributed by atoms with Gasteiger partial charge in [-0.15, -0.1) is 0 Å². The standard InChI is InChI=1S/C10H14N2OS/c1-7(2)9(10(11)13)14-8-5-3-4-6-12-8/h3-7,9H,1-2H3,(H2,11,13). The number of amides is 1. The van der Waals surface area contributed by atoms with Crippen LogP contribution in [-0.2, 0) is 4.79 Å². The minimum Gasteiger partial charge on any atom is -0.369 e. The summed E-state index contributed by atoms with van der Waals surface area (Å²) in [6.07, 6.45) is 1.71. The zero-order valence-corrected chi connectivity index (χ0v) is 9.12. The van der Waals surface area contributed by atoms with Gasteiger partial charge in [-0.3, -0.25) is 4.79 Å². The molecule has 3 nitrogen and oxygen atoms in total. The summed E-state index contributed by atoms with van der Waals surface area (Å²) in [6, 6.07) is 5.62. The smallest absolute Gasteiger partial charge is 0.231 e. The van der Waals surface area contributed by atoms with Gasteiger partial charge in [-0.1, -0.05) is 31.7 Å². The molecule has 1 atom stereocenters. The van der Waals surface area contributed by atoms with E-state index in [-0.39, 0.29) is 17.1 Å². The van der Waals surface area contributed by atoms with Gasteiger partial charge in [0.25, 0.3) is 0 Å². The molecule has 76 valence electrons. The molecule has 1 heterocycles. The molecule has 1 aromatic rings. The monoisotopic (exact) mass is 210 g/mol. The summed E-state index contributed by atoms with van der Waals surface area (Å²) in [5.74, 6) is -0.0600. The fraction of sp³-hybridized carbons (Fsp3) is 0.400. The number of hydrogen-bond donors (Lipinski definition) is 1. The molecule has 1 unspecified atom stereocenters. The van der Waals surface area contributed by atoms with Gasteiger partial charge in [0, 0.05) is 6.20 Å². The predicted octanol–water partition coefficient (Wildman–Crippen LogP) is 1.68. The highest BCUT2D eigenvalue weighted by Crippen LogP contribution is 2.25. The third-order valence-corrected chi connectivity index (χ3v) is 3.28. The lowest BCUT2D eigenvalue weighted by Gasteiger charge is -2.15. The van der Waals surface area contributed by atoms with Crippen LogP contribution in [0.5, 0.6) is 0 Å². The van der Waals surface area contributed by atoms with Gasteiger partial charge < -0.3 is 5.73 Å². The molecule has 0 spiro atoms. The van der Waals surface area contributed by atoms with Crippen molar-refractivity contribution in [2.75, 3.05) is 0 Å². The lowest BCUT2D eigenvalue weighted by Crippen LogP contribution is -2.30. The summed E-state index contributed by atoms with van der Waals surface area (Å²) in [7, 11) is 0. The maximum absolute atomic E-state index is 11.1. The van der Waals surface area contributed by atoms with Crippen LogP contribution in [-0.4, -0.2) is 16.1 Å². The number of nitrogens with zero attached hydrogens (tertiary/aromatic N) is 1. The number of aromatic nitrogens is 1. The first-order valence-corrected chi connectivity index (χ1v) is 5.36. The highest BCUT2D eigenvalue weighted by atomic mass is 32.2. The molecule has 0 radical (unpaired) electrons. The van der Waals surface area contributed by atoms with Crippen LogP contribution in [0.3, 0.4) is 0 Å². The Balaban J connectivity index is 2.70. The number of carbonyl (C=O) groups is 1. The number of pyridine rings is 1. The van der Waals surface area contributed by atoms with Gasteiger partial charge in [0.15, 0.2) is 0 Å². The zero-order valence-electron chi connectivity index (χ0n) is 8.31. The lowest BCUT2D eigenvalue weighted by molar-refractivity contribution is -0.118. The highest BCUT2D eigenvalue weighted by molar-refractivity contribution is 8.00. The molecule has 0 saturated carbocycles. The van der Waals surface area contributed by atoms with Crippen LogP contribution in [0.2, 0.25) is 0 Å². The molecule has 1 rings (SSSR count). The average molecular weight is 210 g/mol. The molecule has 1 amide bonds.